The van der Waals surface area contributed by atoms with Gasteiger partial charge in [0, 0.05) is 0 Å². The summed E-state index contributed by atoms with van der Waals surface area (Å²) in [6.45, 7) is 4.16. The largest absolute Gasteiger partial charge is 0.468 e. The van der Waals surface area contributed by atoms with E-state index in [0.717, 1.165) is 0 Å². The molecular weight excluding hydrogens is 209 g/mol. The Hall–Kier alpha value is -1.42. The Morgan fingerprint density at radius 3 is 2.75 bits per heavy atom. The van der Waals surface area contributed by atoms with Crippen molar-refractivity contribution in [1.82, 2.24) is 5.32 Å². The number of rotatable bonds is 4. The minimum absolute atomic E-state index is 0.315. The van der Waals surface area contributed by atoms with Gasteiger partial charge in [0.15, 0.2) is 0 Å². The third-order valence-electron chi connectivity index (χ3n) is 2.37. The lowest BCUT2D eigenvalue weighted by atomic mass is 10.0. The van der Waals surface area contributed by atoms with Crippen molar-refractivity contribution in [2.24, 2.45) is 0 Å². The molecule has 0 saturated carbocycles. The third-order valence-corrected chi connectivity index (χ3v) is 2.37. The third kappa shape index (κ3) is 2.79. The van der Waals surface area contributed by atoms with Crippen LogP contribution in [0.1, 0.15) is 24.1 Å². The van der Waals surface area contributed by atoms with Gasteiger partial charge < -0.3 is 10.1 Å². The minimum atomic E-state index is -0.606. The first kappa shape index (κ1) is 12.6. The van der Waals surface area contributed by atoms with Crippen LogP contribution >= 0.6 is 0 Å². The maximum atomic E-state index is 13.4. The van der Waals surface area contributed by atoms with Crippen molar-refractivity contribution in [3.05, 3.63) is 35.1 Å². The molecule has 0 radical (unpaired) electrons. The van der Waals surface area contributed by atoms with Crippen LogP contribution in [0.25, 0.3) is 0 Å². The molecule has 0 aliphatic rings. The Balaban J connectivity index is 3.01. The zero-order chi connectivity index (χ0) is 12.1. The number of hydrogen-bond donors (Lipinski definition) is 1. The Bertz CT molecular complexity index is 379. The number of benzene rings is 1. The van der Waals surface area contributed by atoms with E-state index in [0.29, 0.717) is 17.7 Å². The fourth-order valence-corrected chi connectivity index (χ4v) is 1.45. The van der Waals surface area contributed by atoms with Crippen LogP contribution in [-0.4, -0.2) is 19.6 Å². The molecule has 0 fully saturated rings. The first-order valence-electron chi connectivity index (χ1n) is 5.17. The highest BCUT2D eigenvalue weighted by Crippen LogP contribution is 2.17. The second kappa shape index (κ2) is 5.61. The van der Waals surface area contributed by atoms with Crippen molar-refractivity contribution in [2.45, 2.75) is 19.9 Å². The standard InChI is InChI=1S/C12H16FNO2/c1-4-14-11(12(15)16-3)9-6-5-8(2)10(13)7-9/h5-7,11,14H,4H2,1-3H3. The minimum Gasteiger partial charge on any atom is -0.468 e. The molecule has 0 aliphatic heterocycles. The molecule has 0 amide bonds. The van der Waals surface area contributed by atoms with E-state index in [9.17, 15) is 9.18 Å². The highest BCUT2D eigenvalue weighted by Gasteiger charge is 2.20. The number of halogens is 1. The van der Waals surface area contributed by atoms with E-state index in [1.54, 1.807) is 19.1 Å². The lowest BCUT2D eigenvalue weighted by Gasteiger charge is -2.16. The number of ether oxygens (including phenoxy) is 1. The molecule has 1 atom stereocenters. The number of methoxy groups -OCH3 is 1. The number of aryl methyl sites for hydroxylation is 1. The zero-order valence-electron chi connectivity index (χ0n) is 9.71. The summed E-state index contributed by atoms with van der Waals surface area (Å²) in [6, 6.07) is 4.13. The van der Waals surface area contributed by atoms with Crippen LogP contribution in [0, 0.1) is 12.7 Å². The highest BCUT2D eigenvalue weighted by atomic mass is 19.1. The molecule has 1 rings (SSSR count). The van der Waals surface area contributed by atoms with Crippen LogP contribution in [-0.2, 0) is 9.53 Å². The van der Waals surface area contributed by atoms with Gasteiger partial charge in [0.1, 0.15) is 11.9 Å². The predicted octanol–water partition coefficient (Wildman–Crippen LogP) is 1.96. The van der Waals surface area contributed by atoms with E-state index in [1.807, 2.05) is 6.92 Å². The summed E-state index contributed by atoms with van der Waals surface area (Å²) in [4.78, 5) is 11.5. The monoisotopic (exact) mass is 225 g/mol. The molecular formula is C12H16FNO2. The van der Waals surface area contributed by atoms with Gasteiger partial charge in [0.25, 0.3) is 0 Å². The van der Waals surface area contributed by atoms with Crippen molar-refractivity contribution in [1.29, 1.82) is 0 Å². The number of carbonyl (C=O) groups excluding carboxylic acids is 1. The Labute approximate surface area is 94.6 Å². The van der Waals surface area contributed by atoms with Crippen LogP contribution in [0.5, 0.6) is 0 Å². The molecule has 0 aromatic heterocycles. The summed E-state index contributed by atoms with van der Waals surface area (Å²) in [5, 5.41) is 2.96. The van der Waals surface area contributed by atoms with Crippen molar-refractivity contribution >= 4 is 5.97 Å². The Kier molecular flexibility index (Phi) is 4.43. The second-order valence-corrected chi connectivity index (χ2v) is 3.52. The number of likely N-dealkylation sites (N-methyl/N-ethyl adjacent to an activating group) is 1. The van der Waals surface area contributed by atoms with Crippen LogP contribution in [0.2, 0.25) is 0 Å². The van der Waals surface area contributed by atoms with E-state index < -0.39 is 12.0 Å². The summed E-state index contributed by atoms with van der Waals surface area (Å²) < 4.78 is 18.0. The van der Waals surface area contributed by atoms with Crippen LogP contribution in [0.3, 0.4) is 0 Å². The van der Waals surface area contributed by atoms with Crippen LogP contribution < -0.4 is 5.32 Å². The summed E-state index contributed by atoms with van der Waals surface area (Å²) in [5.74, 6) is -0.727. The molecule has 16 heavy (non-hydrogen) atoms. The maximum Gasteiger partial charge on any atom is 0.327 e. The fraction of sp³-hybridized carbons (Fsp3) is 0.417. The van der Waals surface area contributed by atoms with Gasteiger partial charge in [0.05, 0.1) is 7.11 Å². The lowest BCUT2D eigenvalue weighted by molar-refractivity contribution is -0.143. The van der Waals surface area contributed by atoms with Gasteiger partial charge in [-0.05, 0) is 30.7 Å². The molecule has 3 nitrogen and oxygen atoms in total. The van der Waals surface area contributed by atoms with Gasteiger partial charge in [-0.1, -0.05) is 19.1 Å². The van der Waals surface area contributed by atoms with E-state index in [-0.39, 0.29) is 5.82 Å². The second-order valence-electron chi connectivity index (χ2n) is 3.52. The summed E-state index contributed by atoms with van der Waals surface area (Å²) in [7, 11) is 1.32. The van der Waals surface area contributed by atoms with E-state index in [1.165, 1.54) is 13.2 Å². The quantitative estimate of drug-likeness (QED) is 0.796. The molecule has 1 aromatic rings. The van der Waals surface area contributed by atoms with Gasteiger partial charge in [0.2, 0.25) is 0 Å². The van der Waals surface area contributed by atoms with Crippen molar-refractivity contribution in [3.63, 3.8) is 0 Å². The van der Waals surface area contributed by atoms with E-state index >= 15 is 0 Å². The Morgan fingerprint density at radius 2 is 2.25 bits per heavy atom. The first-order valence-corrected chi connectivity index (χ1v) is 5.17. The topological polar surface area (TPSA) is 38.3 Å². The van der Waals surface area contributed by atoms with Crippen LogP contribution in [0.4, 0.5) is 4.39 Å². The van der Waals surface area contributed by atoms with Gasteiger partial charge in [-0.15, -0.1) is 0 Å². The highest BCUT2D eigenvalue weighted by molar-refractivity contribution is 5.77. The smallest absolute Gasteiger partial charge is 0.327 e. The fourth-order valence-electron chi connectivity index (χ4n) is 1.45. The summed E-state index contributed by atoms with van der Waals surface area (Å²) in [5.41, 5.74) is 1.14. The van der Waals surface area contributed by atoms with Gasteiger partial charge in [-0.3, -0.25) is 0 Å². The molecule has 0 aliphatic carbocycles. The van der Waals surface area contributed by atoms with E-state index in [4.69, 9.17) is 0 Å². The van der Waals surface area contributed by atoms with E-state index in [2.05, 4.69) is 10.1 Å². The molecule has 0 saturated heterocycles. The average molecular weight is 225 g/mol. The summed E-state index contributed by atoms with van der Waals surface area (Å²) >= 11 is 0. The van der Waals surface area contributed by atoms with Gasteiger partial charge in [-0.2, -0.15) is 0 Å². The number of carbonyl (C=O) groups is 1. The summed E-state index contributed by atoms with van der Waals surface area (Å²) in [6.07, 6.45) is 0. The first-order chi connectivity index (χ1) is 7.60. The molecule has 0 spiro atoms. The van der Waals surface area contributed by atoms with Crippen LogP contribution in [0.15, 0.2) is 18.2 Å². The predicted molar refractivity (Wildman–Crippen MR) is 59.6 cm³/mol. The molecule has 88 valence electrons. The molecule has 1 unspecified atom stereocenters. The number of hydrogen-bond acceptors (Lipinski definition) is 3. The number of nitrogens with one attached hydrogen (secondary N) is 1. The molecule has 1 aromatic carbocycles. The zero-order valence-corrected chi connectivity index (χ0v) is 9.71. The van der Waals surface area contributed by atoms with Crippen molar-refractivity contribution in [3.8, 4) is 0 Å². The maximum absolute atomic E-state index is 13.4. The van der Waals surface area contributed by atoms with Gasteiger partial charge in [-0.25, -0.2) is 9.18 Å². The number of esters is 1. The van der Waals surface area contributed by atoms with Gasteiger partial charge >= 0.3 is 5.97 Å². The Morgan fingerprint density at radius 1 is 1.56 bits per heavy atom. The molecule has 1 N–H and O–H groups in total. The average Bonchev–Trinajstić information content (AvgIpc) is 2.29. The molecule has 0 bridgehead atoms. The van der Waals surface area contributed by atoms with Crippen molar-refractivity contribution in [2.75, 3.05) is 13.7 Å². The van der Waals surface area contributed by atoms with Crippen molar-refractivity contribution < 1.29 is 13.9 Å². The SMILES string of the molecule is CCNC(C(=O)OC)c1ccc(C)c(F)c1. The lowest BCUT2D eigenvalue weighted by Crippen LogP contribution is -2.29. The normalized spacial score (nSPS) is 12.2. The molecule has 0 heterocycles. The molecule has 4 heteroatoms.